The van der Waals surface area contributed by atoms with Gasteiger partial charge >= 0.3 is 0 Å². The van der Waals surface area contributed by atoms with E-state index in [2.05, 4.69) is 12.2 Å². The Labute approximate surface area is 144 Å². The molecule has 0 saturated heterocycles. The molecule has 0 radical (unpaired) electrons. The summed E-state index contributed by atoms with van der Waals surface area (Å²) in [6, 6.07) is 3.63. The zero-order chi connectivity index (χ0) is 18.1. The van der Waals surface area contributed by atoms with E-state index in [0.717, 1.165) is 22.4 Å². The van der Waals surface area contributed by atoms with Gasteiger partial charge in [-0.15, -0.1) is 0 Å². The van der Waals surface area contributed by atoms with Crippen LogP contribution in [0.5, 0.6) is 0 Å². The van der Waals surface area contributed by atoms with E-state index in [0.29, 0.717) is 25.7 Å². The van der Waals surface area contributed by atoms with Crippen molar-refractivity contribution >= 4 is 23.2 Å². The minimum atomic E-state index is -0.507. The minimum absolute atomic E-state index is 0.0448. The van der Waals surface area contributed by atoms with Crippen LogP contribution < -0.4 is 5.32 Å². The smallest absolute Gasteiger partial charge is 0.221 e. The lowest BCUT2D eigenvalue weighted by Crippen LogP contribution is -2.30. The average molecular weight is 329 g/mol. The molecule has 1 aromatic rings. The Morgan fingerprint density at radius 1 is 1.25 bits per heavy atom. The van der Waals surface area contributed by atoms with Crippen LogP contribution in [-0.4, -0.2) is 17.5 Å². The van der Waals surface area contributed by atoms with Gasteiger partial charge in [-0.25, -0.2) is 0 Å². The Bertz CT molecular complexity index is 692. The quantitative estimate of drug-likeness (QED) is 0.841. The zero-order valence-corrected chi connectivity index (χ0v) is 15.3. The molecule has 0 bridgehead atoms. The summed E-state index contributed by atoms with van der Waals surface area (Å²) < 4.78 is 0. The number of carbonyl (C=O) groups excluding carboxylic acids is 3. The molecule has 2 rings (SSSR count). The summed E-state index contributed by atoms with van der Waals surface area (Å²) in [6.07, 6.45) is 2.28. The molecule has 0 heterocycles. The fourth-order valence-corrected chi connectivity index (χ4v) is 4.06. The van der Waals surface area contributed by atoms with E-state index in [1.165, 1.54) is 6.92 Å². The molecule has 1 aliphatic rings. The first kappa shape index (κ1) is 18.4. The van der Waals surface area contributed by atoms with Crippen LogP contribution in [0.3, 0.4) is 0 Å². The summed E-state index contributed by atoms with van der Waals surface area (Å²) in [5.74, 6) is 0.275. The predicted octanol–water partition coefficient (Wildman–Crippen LogP) is 4.41. The summed E-state index contributed by atoms with van der Waals surface area (Å²) in [5, 5.41) is 2.84. The maximum atomic E-state index is 13.1. The molecular formula is C20H27NO3. The normalized spacial score (nSPS) is 22.4. The number of rotatable bonds is 6. The molecule has 4 nitrogen and oxygen atoms in total. The lowest BCUT2D eigenvalue weighted by Gasteiger charge is -2.31. The van der Waals surface area contributed by atoms with Crippen molar-refractivity contribution < 1.29 is 14.4 Å². The van der Waals surface area contributed by atoms with Gasteiger partial charge < -0.3 is 5.32 Å². The number of carbonyl (C=O) groups is 3. The number of hydrogen-bond acceptors (Lipinski definition) is 3. The van der Waals surface area contributed by atoms with Crippen molar-refractivity contribution in [2.45, 2.75) is 66.2 Å². The summed E-state index contributed by atoms with van der Waals surface area (Å²) in [7, 11) is 0. The third-order valence-corrected chi connectivity index (χ3v) is 5.66. The van der Waals surface area contributed by atoms with Gasteiger partial charge in [-0.2, -0.15) is 0 Å². The topological polar surface area (TPSA) is 63.2 Å². The molecule has 24 heavy (non-hydrogen) atoms. The standard InChI is InChI=1S/C20H27NO3/c1-6-15(23)10-11-20(7-2)13(4)18-12(3)17(21-14(5)22)9-8-16(18)19(20)24/h8-9,13H,6-7,10-11H2,1-5H3,(H,21,22). The van der Waals surface area contributed by atoms with E-state index in [4.69, 9.17) is 0 Å². The summed E-state index contributed by atoms with van der Waals surface area (Å²) >= 11 is 0. The number of benzene rings is 1. The van der Waals surface area contributed by atoms with Gasteiger partial charge in [0.1, 0.15) is 5.78 Å². The molecule has 0 aliphatic heterocycles. The lowest BCUT2D eigenvalue weighted by molar-refractivity contribution is -0.119. The maximum absolute atomic E-state index is 13.1. The zero-order valence-electron chi connectivity index (χ0n) is 15.3. The second-order valence-corrected chi connectivity index (χ2v) is 6.83. The summed E-state index contributed by atoms with van der Waals surface area (Å²) in [6.45, 7) is 9.40. The van der Waals surface area contributed by atoms with Gasteiger partial charge in [-0.1, -0.05) is 20.8 Å². The molecule has 0 fully saturated rings. The monoisotopic (exact) mass is 329 g/mol. The molecule has 0 spiro atoms. The van der Waals surface area contributed by atoms with Crippen molar-refractivity contribution in [3.8, 4) is 0 Å². The van der Waals surface area contributed by atoms with Crippen LogP contribution >= 0.6 is 0 Å². The molecule has 4 heteroatoms. The highest BCUT2D eigenvalue weighted by Crippen LogP contribution is 2.53. The number of ketones is 2. The molecule has 1 aromatic carbocycles. The summed E-state index contributed by atoms with van der Waals surface area (Å²) in [5.41, 5.74) is 2.99. The van der Waals surface area contributed by atoms with Gasteiger partial charge in [0.05, 0.1) is 0 Å². The van der Waals surface area contributed by atoms with Gasteiger partial charge in [-0.3, -0.25) is 14.4 Å². The largest absolute Gasteiger partial charge is 0.326 e. The first-order valence-corrected chi connectivity index (χ1v) is 8.76. The van der Waals surface area contributed by atoms with Crippen molar-refractivity contribution in [1.82, 2.24) is 0 Å². The van der Waals surface area contributed by atoms with Crippen LogP contribution in [0.25, 0.3) is 0 Å². The molecule has 2 unspecified atom stereocenters. The van der Waals surface area contributed by atoms with Gasteiger partial charge in [0.25, 0.3) is 0 Å². The molecular weight excluding hydrogens is 302 g/mol. The number of Topliss-reactive ketones (excluding diaryl/α,β-unsaturated/α-hetero) is 2. The van der Waals surface area contributed by atoms with Crippen molar-refractivity contribution in [2.75, 3.05) is 5.32 Å². The molecule has 2 atom stereocenters. The molecule has 1 aliphatic carbocycles. The minimum Gasteiger partial charge on any atom is -0.326 e. The third-order valence-electron chi connectivity index (χ3n) is 5.66. The number of anilines is 1. The van der Waals surface area contributed by atoms with Crippen LogP contribution in [0.4, 0.5) is 5.69 Å². The number of hydrogen-bond donors (Lipinski definition) is 1. The highest BCUT2D eigenvalue weighted by Gasteiger charge is 2.50. The van der Waals surface area contributed by atoms with Crippen molar-refractivity contribution in [1.29, 1.82) is 0 Å². The highest BCUT2D eigenvalue weighted by molar-refractivity contribution is 6.07. The number of nitrogens with one attached hydrogen (secondary N) is 1. The van der Waals surface area contributed by atoms with E-state index < -0.39 is 5.41 Å². The molecule has 1 amide bonds. The van der Waals surface area contributed by atoms with Crippen molar-refractivity contribution in [3.63, 3.8) is 0 Å². The van der Waals surface area contributed by atoms with Gasteiger partial charge in [0.2, 0.25) is 5.91 Å². The predicted molar refractivity (Wildman–Crippen MR) is 95.5 cm³/mol. The van der Waals surface area contributed by atoms with E-state index in [9.17, 15) is 14.4 Å². The van der Waals surface area contributed by atoms with E-state index >= 15 is 0 Å². The van der Waals surface area contributed by atoms with Crippen molar-refractivity contribution in [3.05, 3.63) is 28.8 Å². The van der Waals surface area contributed by atoms with Crippen molar-refractivity contribution in [2.24, 2.45) is 5.41 Å². The molecule has 1 N–H and O–H groups in total. The second kappa shape index (κ2) is 6.88. The average Bonchev–Trinajstić information content (AvgIpc) is 2.76. The Kier molecular flexibility index (Phi) is 5.26. The highest BCUT2D eigenvalue weighted by atomic mass is 16.1. The number of fused-ring (bicyclic) bond motifs is 1. The van der Waals surface area contributed by atoms with Crippen LogP contribution in [0.15, 0.2) is 12.1 Å². The second-order valence-electron chi connectivity index (χ2n) is 6.83. The van der Waals surface area contributed by atoms with Crippen LogP contribution in [0.2, 0.25) is 0 Å². The van der Waals surface area contributed by atoms with Crippen LogP contribution in [0.1, 0.15) is 80.8 Å². The number of amides is 1. The Hall–Kier alpha value is -1.97. The summed E-state index contributed by atoms with van der Waals surface area (Å²) in [4.78, 5) is 36.3. The SMILES string of the molecule is CCC(=O)CCC1(CC)C(=O)c2ccc(NC(C)=O)c(C)c2C1C. The first-order valence-electron chi connectivity index (χ1n) is 8.76. The Balaban J connectivity index is 2.45. The fourth-order valence-electron chi connectivity index (χ4n) is 4.06. The molecule has 0 aromatic heterocycles. The van der Waals surface area contributed by atoms with E-state index in [1.807, 2.05) is 32.9 Å². The fraction of sp³-hybridized carbons (Fsp3) is 0.550. The first-order chi connectivity index (χ1) is 11.3. The molecule has 0 saturated carbocycles. The third kappa shape index (κ3) is 2.90. The Morgan fingerprint density at radius 3 is 2.46 bits per heavy atom. The van der Waals surface area contributed by atoms with Gasteiger partial charge in [0.15, 0.2) is 5.78 Å². The maximum Gasteiger partial charge on any atom is 0.221 e. The Morgan fingerprint density at radius 2 is 1.92 bits per heavy atom. The van der Waals surface area contributed by atoms with E-state index in [-0.39, 0.29) is 23.4 Å². The van der Waals surface area contributed by atoms with E-state index in [1.54, 1.807) is 0 Å². The van der Waals surface area contributed by atoms with Crippen LogP contribution in [-0.2, 0) is 9.59 Å². The van der Waals surface area contributed by atoms with Gasteiger partial charge in [0, 0.05) is 36.4 Å². The van der Waals surface area contributed by atoms with Crippen LogP contribution in [0, 0.1) is 12.3 Å². The van der Waals surface area contributed by atoms with Gasteiger partial charge in [-0.05, 0) is 48.9 Å². The molecule has 130 valence electrons. The lowest BCUT2D eigenvalue weighted by atomic mass is 9.70.